The molecule has 2 atom stereocenters. The number of nitrogens with one attached hydrogen (secondary N) is 3. The van der Waals surface area contributed by atoms with Crippen LogP contribution in [0.15, 0.2) is 24.5 Å². The van der Waals surface area contributed by atoms with Gasteiger partial charge in [-0.25, -0.2) is 19.3 Å². The fraction of sp³-hybridized carbons (Fsp3) is 0.455. The molecule has 3 aromatic rings. The van der Waals surface area contributed by atoms with Crippen molar-refractivity contribution in [3.63, 3.8) is 0 Å². The molecule has 0 aliphatic carbocycles. The molecule has 2 unspecified atom stereocenters. The Morgan fingerprint density at radius 3 is 2.78 bits per heavy atom. The summed E-state index contributed by atoms with van der Waals surface area (Å²) in [7, 11) is 0. The van der Waals surface area contributed by atoms with Crippen molar-refractivity contribution < 1.29 is 13.9 Å². The van der Waals surface area contributed by atoms with Gasteiger partial charge in [-0.15, -0.1) is 0 Å². The fourth-order valence-corrected chi connectivity index (χ4v) is 5.25. The Hall–Kier alpha value is -2.85. The van der Waals surface area contributed by atoms with Gasteiger partial charge in [-0.1, -0.05) is 11.3 Å². The third-order valence-electron chi connectivity index (χ3n) is 5.76. The highest BCUT2D eigenvalue weighted by atomic mass is 32.1. The summed E-state index contributed by atoms with van der Waals surface area (Å²) in [6.07, 6.45) is 5.54. The molecular weight excluding hydrogens is 431 g/mol. The summed E-state index contributed by atoms with van der Waals surface area (Å²) in [6, 6.07) is 5.41. The second-order valence-electron chi connectivity index (χ2n) is 8.61. The fourth-order valence-electron chi connectivity index (χ4n) is 4.44. The largest absolute Gasteiger partial charge is 0.489 e. The number of hydrogen-bond donors (Lipinski definition) is 3. The van der Waals surface area contributed by atoms with Crippen molar-refractivity contribution >= 4 is 39.1 Å². The molecule has 8 nitrogen and oxygen atoms in total. The van der Waals surface area contributed by atoms with Crippen LogP contribution in [0.5, 0.6) is 5.75 Å². The van der Waals surface area contributed by atoms with Crippen LogP contribution in [-0.4, -0.2) is 45.1 Å². The van der Waals surface area contributed by atoms with Crippen molar-refractivity contribution in [1.29, 1.82) is 0 Å². The topological polar surface area (TPSA) is 101 Å². The number of carbonyl (C=O) groups is 1. The van der Waals surface area contributed by atoms with Crippen LogP contribution in [0.2, 0.25) is 0 Å². The van der Waals surface area contributed by atoms with E-state index in [0.29, 0.717) is 44.7 Å². The quantitative estimate of drug-likeness (QED) is 0.519. The molecule has 1 aromatic carbocycles. The summed E-state index contributed by atoms with van der Waals surface area (Å²) in [5.41, 5.74) is 1.05. The second kappa shape index (κ2) is 8.59. The number of carbonyl (C=O) groups excluding carboxylic acids is 1. The number of nitrogens with zero attached hydrogens (tertiary/aromatic N) is 3. The Morgan fingerprint density at radius 1 is 1.25 bits per heavy atom. The van der Waals surface area contributed by atoms with Gasteiger partial charge in [0, 0.05) is 24.2 Å². The maximum Gasteiger partial charge on any atom is 0.280 e. The highest BCUT2D eigenvalue weighted by Gasteiger charge is 2.34. The summed E-state index contributed by atoms with van der Waals surface area (Å²) in [5, 5.41) is 10.2. The molecule has 2 aliphatic rings. The lowest BCUT2D eigenvalue weighted by Crippen LogP contribution is -2.48. The van der Waals surface area contributed by atoms with E-state index in [2.05, 4.69) is 30.9 Å². The van der Waals surface area contributed by atoms with Crippen molar-refractivity contribution in [3.05, 3.63) is 35.4 Å². The zero-order chi connectivity index (χ0) is 22.2. The van der Waals surface area contributed by atoms with Gasteiger partial charge in [0.1, 0.15) is 28.2 Å². The Labute approximate surface area is 189 Å². The molecule has 2 bridgehead atoms. The third-order valence-corrected chi connectivity index (χ3v) is 6.72. The van der Waals surface area contributed by atoms with Gasteiger partial charge in [0.15, 0.2) is 10.8 Å². The van der Waals surface area contributed by atoms with Crippen molar-refractivity contribution in [1.82, 2.24) is 25.6 Å². The van der Waals surface area contributed by atoms with Crippen LogP contribution in [0, 0.1) is 5.82 Å². The SMILES string of the molecule is CC(C)Oc1cc(F)ccc1Nc1ncnc2sc(C(=O)NC3CC4CCC(C3)N4)nc12. The van der Waals surface area contributed by atoms with Crippen LogP contribution in [-0.2, 0) is 0 Å². The molecule has 2 aliphatic heterocycles. The molecule has 10 heteroatoms. The molecule has 1 amide bonds. The number of amides is 1. The van der Waals surface area contributed by atoms with Crippen molar-refractivity contribution in [2.45, 2.75) is 63.8 Å². The van der Waals surface area contributed by atoms with Crippen LogP contribution >= 0.6 is 11.3 Å². The number of benzene rings is 1. The zero-order valence-corrected chi connectivity index (χ0v) is 18.7. The van der Waals surface area contributed by atoms with Gasteiger partial charge in [-0.3, -0.25) is 4.79 Å². The van der Waals surface area contributed by atoms with Crippen LogP contribution in [0.1, 0.15) is 49.3 Å². The minimum absolute atomic E-state index is 0.123. The van der Waals surface area contributed by atoms with E-state index < -0.39 is 5.82 Å². The summed E-state index contributed by atoms with van der Waals surface area (Å²) in [5.74, 6) is 0.236. The van der Waals surface area contributed by atoms with E-state index in [1.807, 2.05) is 13.8 Å². The normalized spacial score (nSPS) is 22.3. The lowest BCUT2D eigenvalue weighted by atomic mass is 10.00. The molecule has 0 spiro atoms. The first-order chi connectivity index (χ1) is 15.4. The minimum atomic E-state index is -0.391. The van der Waals surface area contributed by atoms with Crippen LogP contribution < -0.4 is 20.7 Å². The minimum Gasteiger partial charge on any atom is -0.489 e. The molecule has 5 rings (SSSR count). The van der Waals surface area contributed by atoms with Gasteiger partial charge in [-0.05, 0) is 51.7 Å². The molecule has 32 heavy (non-hydrogen) atoms. The molecule has 0 saturated carbocycles. The maximum absolute atomic E-state index is 13.7. The second-order valence-corrected chi connectivity index (χ2v) is 9.58. The first-order valence-corrected chi connectivity index (χ1v) is 11.7. The number of anilines is 2. The number of aromatic nitrogens is 3. The number of halogens is 1. The number of hydrogen-bond acceptors (Lipinski definition) is 8. The summed E-state index contributed by atoms with van der Waals surface area (Å²) in [4.78, 5) is 26.6. The average Bonchev–Trinajstić information content (AvgIpc) is 3.33. The summed E-state index contributed by atoms with van der Waals surface area (Å²) in [6.45, 7) is 3.74. The predicted molar refractivity (Wildman–Crippen MR) is 121 cm³/mol. The highest BCUT2D eigenvalue weighted by molar-refractivity contribution is 7.19. The number of fused-ring (bicyclic) bond motifs is 3. The van der Waals surface area contributed by atoms with Gasteiger partial charge in [0.05, 0.1) is 11.8 Å². The molecule has 168 valence electrons. The van der Waals surface area contributed by atoms with Gasteiger partial charge >= 0.3 is 0 Å². The van der Waals surface area contributed by atoms with E-state index in [4.69, 9.17) is 4.74 Å². The first kappa shape index (κ1) is 21.0. The first-order valence-electron chi connectivity index (χ1n) is 10.9. The Bertz CT molecular complexity index is 1140. The van der Waals surface area contributed by atoms with E-state index >= 15 is 0 Å². The number of thiazole rings is 1. The molecule has 4 heterocycles. The van der Waals surface area contributed by atoms with Crippen LogP contribution in [0.25, 0.3) is 10.3 Å². The van der Waals surface area contributed by atoms with Gasteiger partial charge < -0.3 is 20.7 Å². The highest BCUT2D eigenvalue weighted by Crippen LogP contribution is 2.33. The Morgan fingerprint density at radius 2 is 2.03 bits per heavy atom. The van der Waals surface area contributed by atoms with Crippen molar-refractivity contribution in [3.8, 4) is 5.75 Å². The lowest BCUT2D eigenvalue weighted by molar-refractivity contribution is 0.0924. The van der Waals surface area contributed by atoms with Gasteiger partial charge in [0.25, 0.3) is 5.91 Å². The molecule has 2 saturated heterocycles. The predicted octanol–water partition coefficient (Wildman–Crippen LogP) is 3.77. The molecule has 2 fully saturated rings. The van der Waals surface area contributed by atoms with Crippen molar-refractivity contribution in [2.75, 3.05) is 5.32 Å². The van der Waals surface area contributed by atoms with Crippen LogP contribution in [0.3, 0.4) is 0 Å². The Kier molecular flexibility index (Phi) is 5.64. The van der Waals surface area contributed by atoms with Gasteiger partial charge in [0.2, 0.25) is 0 Å². The smallest absolute Gasteiger partial charge is 0.280 e. The van der Waals surface area contributed by atoms with Gasteiger partial charge in [-0.2, -0.15) is 0 Å². The summed E-state index contributed by atoms with van der Waals surface area (Å²) >= 11 is 1.23. The standard InChI is InChI=1S/C22H25FN6O2S/c1-11(2)31-17-7-12(23)3-6-16(17)28-19-18-21(25-10-24-19)32-22(29-18)20(30)27-15-8-13-4-5-14(9-15)26-13/h3,6-7,10-11,13-15,26H,4-5,8-9H2,1-2H3,(H,27,30)(H,24,25,28). The molecular formula is C22H25FN6O2S. The lowest BCUT2D eigenvalue weighted by Gasteiger charge is -2.29. The van der Waals surface area contributed by atoms with E-state index in [9.17, 15) is 9.18 Å². The monoisotopic (exact) mass is 456 g/mol. The summed E-state index contributed by atoms with van der Waals surface area (Å²) < 4.78 is 19.5. The average molecular weight is 457 g/mol. The number of piperidine rings is 1. The molecule has 0 radical (unpaired) electrons. The zero-order valence-electron chi connectivity index (χ0n) is 17.9. The Balaban J connectivity index is 1.37. The van der Waals surface area contributed by atoms with E-state index in [-0.39, 0.29) is 18.1 Å². The van der Waals surface area contributed by atoms with Crippen LogP contribution in [0.4, 0.5) is 15.9 Å². The number of rotatable bonds is 6. The van der Waals surface area contributed by atoms with E-state index in [1.165, 1.54) is 42.6 Å². The molecule has 3 N–H and O–H groups in total. The van der Waals surface area contributed by atoms with E-state index in [1.54, 1.807) is 6.07 Å². The maximum atomic E-state index is 13.7. The third kappa shape index (κ3) is 4.37. The molecule has 2 aromatic heterocycles. The van der Waals surface area contributed by atoms with E-state index in [0.717, 1.165) is 12.8 Å². The number of ether oxygens (including phenoxy) is 1. The van der Waals surface area contributed by atoms with Crippen molar-refractivity contribution in [2.24, 2.45) is 0 Å².